The van der Waals surface area contributed by atoms with Crippen molar-refractivity contribution in [3.05, 3.63) is 30.5 Å². The molecule has 0 radical (unpaired) electrons. The van der Waals surface area contributed by atoms with Crippen LogP contribution in [0.2, 0.25) is 0 Å². The van der Waals surface area contributed by atoms with E-state index < -0.39 is 0 Å². The van der Waals surface area contributed by atoms with E-state index in [1.54, 1.807) is 0 Å². The van der Waals surface area contributed by atoms with Crippen molar-refractivity contribution in [2.24, 2.45) is 0 Å². The van der Waals surface area contributed by atoms with Crippen LogP contribution in [-0.4, -0.2) is 35.5 Å². The van der Waals surface area contributed by atoms with Gasteiger partial charge in [-0.25, -0.2) is 4.79 Å². The van der Waals surface area contributed by atoms with Crippen LogP contribution >= 0.6 is 0 Å². The molecule has 3 rings (SSSR count). The van der Waals surface area contributed by atoms with Crippen molar-refractivity contribution in [2.45, 2.75) is 6.92 Å². The van der Waals surface area contributed by atoms with Gasteiger partial charge in [0.05, 0.1) is 0 Å². The van der Waals surface area contributed by atoms with Crippen LogP contribution in [0.15, 0.2) is 30.5 Å². The zero-order chi connectivity index (χ0) is 11.8. The number of rotatable bonds is 2. The molecule has 4 heteroatoms. The van der Waals surface area contributed by atoms with E-state index in [1.807, 2.05) is 41.1 Å². The number of benzene rings is 1. The Balaban J connectivity index is 1.96. The molecular weight excluding hydrogens is 214 g/mol. The second-order valence-corrected chi connectivity index (χ2v) is 4.26. The van der Waals surface area contributed by atoms with Crippen molar-refractivity contribution in [2.75, 3.05) is 24.5 Å². The predicted octanol–water partition coefficient (Wildman–Crippen LogP) is 2.43. The molecule has 0 spiro atoms. The molecule has 88 valence electrons. The third-order valence-corrected chi connectivity index (χ3v) is 3.33. The Bertz CT molecular complexity index is 561. The number of fused-ring (bicyclic) bond motifs is 1. The summed E-state index contributed by atoms with van der Waals surface area (Å²) < 4.78 is 0. The van der Waals surface area contributed by atoms with Gasteiger partial charge in [0, 0.05) is 42.4 Å². The third-order valence-electron chi connectivity index (χ3n) is 3.33. The fraction of sp³-hybridized carbons (Fsp3) is 0.308. The highest BCUT2D eigenvalue weighted by molar-refractivity contribution is 5.96. The SMILES string of the molecule is CCN1CCN(c2ccc3[nH]ccc3c2)C1=O. The van der Waals surface area contributed by atoms with Gasteiger partial charge in [-0.05, 0) is 31.2 Å². The quantitative estimate of drug-likeness (QED) is 0.844. The highest BCUT2D eigenvalue weighted by Gasteiger charge is 2.28. The Morgan fingerprint density at radius 2 is 2.18 bits per heavy atom. The second-order valence-electron chi connectivity index (χ2n) is 4.26. The van der Waals surface area contributed by atoms with Crippen molar-refractivity contribution >= 4 is 22.6 Å². The number of H-pyrrole nitrogens is 1. The Morgan fingerprint density at radius 3 is 2.94 bits per heavy atom. The molecule has 1 aliphatic heterocycles. The van der Waals surface area contributed by atoms with Crippen LogP contribution in [-0.2, 0) is 0 Å². The molecule has 0 unspecified atom stereocenters. The number of amides is 2. The van der Waals surface area contributed by atoms with Crippen LogP contribution in [0.1, 0.15) is 6.92 Å². The van der Waals surface area contributed by atoms with Gasteiger partial charge >= 0.3 is 6.03 Å². The zero-order valence-electron chi connectivity index (χ0n) is 9.81. The molecule has 0 saturated carbocycles. The largest absolute Gasteiger partial charge is 0.361 e. The van der Waals surface area contributed by atoms with E-state index in [0.29, 0.717) is 0 Å². The van der Waals surface area contributed by atoms with Crippen molar-refractivity contribution in [3.63, 3.8) is 0 Å². The fourth-order valence-corrected chi connectivity index (χ4v) is 2.32. The normalized spacial score (nSPS) is 16.2. The Morgan fingerprint density at radius 1 is 1.29 bits per heavy atom. The van der Waals surface area contributed by atoms with Gasteiger partial charge in [-0.3, -0.25) is 4.90 Å². The van der Waals surface area contributed by atoms with Crippen LogP contribution < -0.4 is 4.90 Å². The lowest BCUT2D eigenvalue weighted by Gasteiger charge is -2.17. The monoisotopic (exact) mass is 229 g/mol. The summed E-state index contributed by atoms with van der Waals surface area (Å²) in [4.78, 5) is 18.9. The minimum Gasteiger partial charge on any atom is -0.361 e. The molecule has 1 aliphatic rings. The molecule has 2 aromatic rings. The first-order chi connectivity index (χ1) is 8.29. The summed E-state index contributed by atoms with van der Waals surface area (Å²) in [5.74, 6) is 0. The standard InChI is InChI=1S/C13H15N3O/c1-2-15-7-8-16(13(15)17)11-3-4-12-10(9-11)5-6-14-12/h3-6,9,14H,2,7-8H2,1H3. The lowest BCUT2D eigenvalue weighted by Crippen LogP contribution is -2.31. The summed E-state index contributed by atoms with van der Waals surface area (Å²) in [6.45, 7) is 4.39. The lowest BCUT2D eigenvalue weighted by molar-refractivity contribution is 0.223. The number of aromatic nitrogens is 1. The van der Waals surface area contributed by atoms with E-state index in [1.165, 1.54) is 0 Å². The van der Waals surface area contributed by atoms with E-state index in [0.717, 1.165) is 36.2 Å². The van der Waals surface area contributed by atoms with Crippen molar-refractivity contribution in [1.82, 2.24) is 9.88 Å². The van der Waals surface area contributed by atoms with Crippen LogP contribution in [0.3, 0.4) is 0 Å². The molecule has 1 fully saturated rings. The van der Waals surface area contributed by atoms with Gasteiger partial charge in [-0.2, -0.15) is 0 Å². The molecule has 0 bridgehead atoms. The van der Waals surface area contributed by atoms with Crippen LogP contribution in [0.25, 0.3) is 10.9 Å². The van der Waals surface area contributed by atoms with Crippen LogP contribution in [0, 0.1) is 0 Å². The Labute approximate surface area is 99.8 Å². The van der Waals surface area contributed by atoms with Gasteiger partial charge in [0.1, 0.15) is 0 Å². The molecule has 0 aliphatic carbocycles. The minimum atomic E-state index is 0.113. The third kappa shape index (κ3) is 1.56. The van der Waals surface area contributed by atoms with E-state index in [9.17, 15) is 4.79 Å². The van der Waals surface area contributed by atoms with E-state index in [2.05, 4.69) is 11.1 Å². The summed E-state index contributed by atoms with van der Waals surface area (Å²) >= 11 is 0. The van der Waals surface area contributed by atoms with Crippen molar-refractivity contribution < 1.29 is 4.79 Å². The number of urea groups is 1. The van der Waals surface area contributed by atoms with Gasteiger partial charge < -0.3 is 9.88 Å². The molecular formula is C13H15N3O. The Hall–Kier alpha value is -1.97. The number of hydrogen-bond donors (Lipinski definition) is 1. The maximum Gasteiger partial charge on any atom is 0.324 e. The number of nitrogens with zero attached hydrogens (tertiary/aromatic N) is 2. The maximum absolute atomic E-state index is 12.1. The number of carbonyl (C=O) groups is 1. The minimum absolute atomic E-state index is 0.113. The number of nitrogens with one attached hydrogen (secondary N) is 1. The number of aromatic amines is 1. The number of anilines is 1. The van der Waals surface area contributed by atoms with Gasteiger partial charge in [-0.15, -0.1) is 0 Å². The number of likely N-dealkylation sites (N-methyl/N-ethyl adjacent to an activating group) is 1. The Kier molecular flexibility index (Phi) is 2.28. The highest BCUT2D eigenvalue weighted by atomic mass is 16.2. The number of hydrogen-bond acceptors (Lipinski definition) is 1. The summed E-state index contributed by atoms with van der Waals surface area (Å²) in [5, 5.41) is 1.14. The first-order valence-corrected chi connectivity index (χ1v) is 5.93. The molecule has 1 saturated heterocycles. The highest BCUT2D eigenvalue weighted by Crippen LogP contribution is 2.24. The lowest BCUT2D eigenvalue weighted by atomic mass is 10.2. The summed E-state index contributed by atoms with van der Waals surface area (Å²) in [7, 11) is 0. The molecule has 1 aromatic heterocycles. The first-order valence-electron chi connectivity index (χ1n) is 5.93. The van der Waals surface area contributed by atoms with Gasteiger partial charge in [0.15, 0.2) is 0 Å². The molecule has 1 N–H and O–H groups in total. The molecule has 0 atom stereocenters. The molecule has 1 aromatic carbocycles. The van der Waals surface area contributed by atoms with E-state index in [-0.39, 0.29) is 6.03 Å². The average molecular weight is 229 g/mol. The topological polar surface area (TPSA) is 39.3 Å². The summed E-state index contributed by atoms with van der Waals surface area (Å²) in [5.41, 5.74) is 2.09. The molecule has 2 heterocycles. The van der Waals surface area contributed by atoms with Crippen molar-refractivity contribution in [3.8, 4) is 0 Å². The van der Waals surface area contributed by atoms with Gasteiger partial charge in [0.2, 0.25) is 0 Å². The van der Waals surface area contributed by atoms with Crippen molar-refractivity contribution in [1.29, 1.82) is 0 Å². The molecule has 2 amide bonds. The summed E-state index contributed by atoms with van der Waals surface area (Å²) in [6, 6.07) is 8.21. The maximum atomic E-state index is 12.1. The first kappa shape index (κ1) is 10.2. The molecule has 4 nitrogen and oxygen atoms in total. The van der Waals surface area contributed by atoms with Gasteiger partial charge in [-0.1, -0.05) is 0 Å². The summed E-state index contributed by atoms with van der Waals surface area (Å²) in [6.07, 6.45) is 1.92. The zero-order valence-corrected chi connectivity index (χ0v) is 9.81. The average Bonchev–Trinajstić information content (AvgIpc) is 2.94. The second kappa shape index (κ2) is 3.80. The fourth-order valence-electron chi connectivity index (χ4n) is 2.32. The van der Waals surface area contributed by atoms with E-state index in [4.69, 9.17) is 0 Å². The molecule has 17 heavy (non-hydrogen) atoms. The van der Waals surface area contributed by atoms with E-state index >= 15 is 0 Å². The van der Waals surface area contributed by atoms with Crippen LogP contribution in [0.4, 0.5) is 10.5 Å². The van der Waals surface area contributed by atoms with Gasteiger partial charge in [0.25, 0.3) is 0 Å². The number of carbonyl (C=O) groups excluding carboxylic acids is 1. The smallest absolute Gasteiger partial charge is 0.324 e. The van der Waals surface area contributed by atoms with Crippen LogP contribution in [0.5, 0.6) is 0 Å². The predicted molar refractivity (Wildman–Crippen MR) is 68.3 cm³/mol.